The lowest BCUT2D eigenvalue weighted by Crippen LogP contribution is -2.16. The maximum atomic E-state index is 13.5. The van der Waals surface area contributed by atoms with E-state index < -0.39 is 27.4 Å². The highest BCUT2D eigenvalue weighted by molar-refractivity contribution is 7.92. The highest BCUT2D eigenvalue weighted by atomic mass is 32.2. The van der Waals surface area contributed by atoms with E-state index in [0.29, 0.717) is 0 Å². The molecule has 0 atom stereocenters. The SMILES string of the molecule is Cn1cc(S(=O)(=O)Nc2cccc(F)c2C(=O)O)cn1. The van der Waals surface area contributed by atoms with Crippen LogP contribution in [-0.4, -0.2) is 29.3 Å². The molecule has 0 bridgehead atoms. The Hall–Kier alpha value is -2.42. The van der Waals surface area contributed by atoms with Crippen LogP contribution in [-0.2, 0) is 17.1 Å². The normalized spacial score (nSPS) is 11.3. The van der Waals surface area contributed by atoms with Gasteiger partial charge in [0.2, 0.25) is 0 Å². The van der Waals surface area contributed by atoms with E-state index in [2.05, 4.69) is 5.10 Å². The third kappa shape index (κ3) is 2.62. The van der Waals surface area contributed by atoms with E-state index in [4.69, 9.17) is 5.11 Å². The lowest BCUT2D eigenvalue weighted by molar-refractivity contribution is 0.0693. The zero-order valence-corrected chi connectivity index (χ0v) is 11.1. The number of aromatic carboxylic acids is 1. The third-order valence-electron chi connectivity index (χ3n) is 2.46. The number of sulfonamides is 1. The topological polar surface area (TPSA) is 101 Å². The number of carboxylic acids is 1. The lowest BCUT2D eigenvalue weighted by atomic mass is 10.2. The molecule has 1 heterocycles. The number of anilines is 1. The number of aryl methyl sites for hydroxylation is 1. The minimum Gasteiger partial charge on any atom is -0.478 e. The minimum absolute atomic E-state index is 0.152. The van der Waals surface area contributed by atoms with Crippen molar-refractivity contribution in [1.29, 1.82) is 0 Å². The first kappa shape index (κ1) is 14.0. The average Bonchev–Trinajstić information content (AvgIpc) is 2.75. The van der Waals surface area contributed by atoms with E-state index in [0.717, 1.165) is 12.3 Å². The van der Waals surface area contributed by atoms with Crippen LogP contribution < -0.4 is 4.72 Å². The van der Waals surface area contributed by atoms with Crippen LogP contribution in [0.15, 0.2) is 35.5 Å². The standard InChI is InChI=1S/C11H10FN3O4S/c1-15-6-7(5-13-15)20(18,19)14-9-4-2-3-8(12)10(9)11(16)17/h2-6,14H,1H3,(H,16,17). The second kappa shape index (κ2) is 4.93. The van der Waals surface area contributed by atoms with Crippen LogP contribution in [0.2, 0.25) is 0 Å². The van der Waals surface area contributed by atoms with Gasteiger partial charge in [-0.2, -0.15) is 5.10 Å². The van der Waals surface area contributed by atoms with Crippen LogP contribution in [0.5, 0.6) is 0 Å². The molecule has 0 amide bonds. The predicted octanol–water partition coefficient (Wildman–Crippen LogP) is 1.06. The molecule has 9 heteroatoms. The summed E-state index contributed by atoms with van der Waals surface area (Å²) in [5, 5.41) is 12.6. The molecule has 0 saturated carbocycles. The first-order chi connectivity index (χ1) is 9.31. The lowest BCUT2D eigenvalue weighted by Gasteiger charge is -2.09. The van der Waals surface area contributed by atoms with E-state index in [1.54, 1.807) is 0 Å². The van der Waals surface area contributed by atoms with Crippen LogP contribution in [0.4, 0.5) is 10.1 Å². The van der Waals surface area contributed by atoms with Gasteiger partial charge in [0.05, 0.1) is 11.9 Å². The second-order valence-corrected chi connectivity index (χ2v) is 5.61. The van der Waals surface area contributed by atoms with Gasteiger partial charge in [-0.15, -0.1) is 0 Å². The summed E-state index contributed by atoms with van der Waals surface area (Å²) in [4.78, 5) is 10.8. The van der Waals surface area contributed by atoms with Crippen molar-refractivity contribution < 1.29 is 22.7 Å². The molecule has 0 aliphatic carbocycles. The summed E-state index contributed by atoms with van der Waals surface area (Å²) in [5.74, 6) is -2.59. The summed E-state index contributed by atoms with van der Waals surface area (Å²) in [5.41, 5.74) is -1.08. The quantitative estimate of drug-likeness (QED) is 0.879. The van der Waals surface area contributed by atoms with Gasteiger partial charge in [0.1, 0.15) is 16.3 Å². The van der Waals surface area contributed by atoms with Gasteiger partial charge < -0.3 is 5.11 Å². The Balaban J connectivity index is 2.45. The molecule has 2 aromatic rings. The fourth-order valence-electron chi connectivity index (χ4n) is 1.57. The number of nitrogens with zero attached hydrogens (tertiary/aromatic N) is 2. The zero-order chi connectivity index (χ0) is 14.9. The molecule has 7 nitrogen and oxygen atoms in total. The summed E-state index contributed by atoms with van der Waals surface area (Å²) in [6.45, 7) is 0. The van der Waals surface area contributed by atoms with Gasteiger partial charge in [0, 0.05) is 13.2 Å². The number of rotatable bonds is 4. The molecular weight excluding hydrogens is 289 g/mol. The van der Waals surface area contributed by atoms with E-state index in [1.165, 1.54) is 30.1 Å². The Morgan fingerprint density at radius 3 is 2.70 bits per heavy atom. The Labute approximate surface area is 113 Å². The number of hydrogen-bond donors (Lipinski definition) is 2. The Morgan fingerprint density at radius 1 is 1.45 bits per heavy atom. The molecular formula is C11H10FN3O4S. The van der Waals surface area contributed by atoms with E-state index >= 15 is 0 Å². The number of benzene rings is 1. The second-order valence-electron chi connectivity index (χ2n) is 3.92. The van der Waals surface area contributed by atoms with Crippen molar-refractivity contribution in [2.24, 2.45) is 7.05 Å². The smallest absolute Gasteiger partial charge is 0.340 e. The van der Waals surface area contributed by atoms with Gasteiger partial charge in [-0.25, -0.2) is 17.6 Å². The highest BCUT2D eigenvalue weighted by Gasteiger charge is 2.22. The molecule has 1 aromatic heterocycles. The van der Waals surface area contributed by atoms with Crippen LogP contribution >= 0.6 is 0 Å². The van der Waals surface area contributed by atoms with Gasteiger partial charge in [0.15, 0.2) is 0 Å². The summed E-state index contributed by atoms with van der Waals surface area (Å²) in [7, 11) is -2.50. The van der Waals surface area contributed by atoms with Crippen molar-refractivity contribution in [1.82, 2.24) is 9.78 Å². The predicted molar refractivity (Wildman–Crippen MR) is 67.4 cm³/mol. The average molecular weight is 299 g/mol. The van der Waals surface area contributed by atoms with Crippen molar-refractivity contribution in [3.05, 3.63) is 42.0 Å². The monoisotopic (exact) mass is 299 g/mol. The van der Waals surface area contributed by atoms with Crippen molar-refractivity contribution in [3.63, 3.8) is 0 Å². The molecule has 20 heavy (non-hydrogen) atoms. The number of carbonyl (C=O) groups is 1. The van der Waals surface area contributed by atoms with Crippen LogP contribution in [0.3, 0.4) is 0 Å². The largest absolute Gasteiger partial charge is 0.478 e. The molecule has 0 radical (unpaired) electrons. The number of halogens is 1. The van der Waals surface area contributed by atoms with E-state index in [9.17, 15) is 17.6 Å². The van der Waals surface area contributed by atoms with Gasteiger partial charge >= 0.3 is 5.97 Å². The van der Waals surface area contributed by atoms with E-state index in [-0.39, 0.29) is 10.6 Å². The summed E-state index contributed by atoms with van der Waals surface area (Å²) < 4.78 is 40.8. The number of carboxylic acid groups (broad SMARTS) is 1. The molecule has 0 fully saturated rings. The minimum atomic E-state index is -4.03. The molecule has 0 unspecified atom stereocenters. The molecule has 2 rings (SSSR count). The Morgan fingerprint density at radius 2 is 2.15 bits per heavy atom. The van der Waals surface area contributed by atoms with Crippen molar-refractivity contribution in [2.45, 2.75) is 4.90 Å². The molecule has 106 valence electrons. The number of aromatic nitrogens is 2. The van der Waals surface area contributed by atoms with Crippen LogP contribution in [0.25, 0.3) is 0 Å². The van der Waals surface area contributed by atoms with Gasteiger partial charge in [-0.3, -0.25) is 9.40 Å². The van der Waals surface area contributed by atoms with Crippen molar-refractivity contribution >= 4 is 21.7 Å². The summed E-state index contributed by atoms with van der Waals surface area (Å²) in [6.07, 6.45) is 2.34. The number of nitrogens with one attached hydrogen (secondary N) is 1. The van der Waals surface area contributed by atoms with Gasteiger partial charge in [-0.05, 0) is 12.1 Å². The number of hydrogen-bond acceptors (Lipinski definition) is 4. The fourth-order valence-corrected chi connectivity index (χ4v) is 2.62. The van der Waals surface area contributed by atoms with Crippen molar-refractivity contribution in [3.8, 4) is 0 Å². The zero-order valence-electron chi connectivity index (χ0n) is 10.2. The molecule has 0 aliphatic heterocycles. The molecule has 2 N–H and O–H groups in total. The molecule has 0 aliphatic rings. The fraction of sp³-hybridized carbons (Fsp3) is 0.0909. The van der Waals surface area contributed by atoms with Crippen molar-refractivity contribution in [2.75, 3.05) is 4.72 Å². The molecule has 1 aromatic carbocycles. The molecule has 0 spiro atoms. The Bertz CT molecular complexity index is 770. The Kier molecular flexibility index (Phi) is 3.45. The van der Waals surface area contributed by atoms with E-state index in [1.807, 2.05) is 4.72 Å². The van der Waals surface area contributed by atoms with Crippen LogP contribution in [0, 0.1) is 5.82 Å². The van der Waals surface area contributed by atoms with Crippen LogP contribution in [0.1, 0.15) is 10.4 Å². The molecule has 0 saturated heterocycles. The summed E-state index contributed by atoms with van der Waals surface area (Å²) >= 11 is 0. The maximum absolute atomic E-state index is 13.5. The van der Waals surface area contributed by atoms with Gasteiger partial charge in [-0.1, -0.05) is 6.07 Å². The maximum Gasteiger partial charge on any atom is 0.340 e. The highest BCUT2D eigenvalue weighted by Crippen LogP contribution is 2.22. The third-order valence-corrected chi connectivity index (χ3v) is 3.78. The first-order valence-electron chi connectivity index (χ1n) is 5.34. The first-order valence-corrected chi connectivity index (χ1v) is 6.83. The summed E-state index contributed by atoms with van der Waals surface area (Å²) in [6, 6.07) is 3.31. The van der Waals surface area contributed by atoms with Gasteiger partial charge in [0.25, 0.3) is 10.0 Å².